The number of rotatable bonds is 7. The topological polar surface area (TPSA) is 12.0 Å². The zero-order chi connectivity index (χ0) is 15.3. The van der Waals surface area contributed by atoms with Gasteiger partial charge < -0.3 is 5.32 Å². The molecule has 1 heterocycles. The van der Waals surface area contributed by atoms with E-state index >= 15 is 0 Å². The molecule has 0 saturated heterocycles. The Bertz CT molecular complexity index is 550. The molecule has 0 spiro atoms. The molecular weight excluding hydrogens is 281 g/mol. The molecule has 0 aliphatic rings. The summed E-state index contributed by atoms with van der Waals surface area (Å²) in [5.41, 5.74) is 2.04. The zero-order valence-corrected chi connectivity index (χ0v) is 13.9. The standard InChI is InChI=1S/C18H24FNS/c1-4-18(5-2,6-3)20-13-14-9-10-16(19)15(12-14)17-8-7-11-21-17/h7-12,20H,4-6,13H2,1-3H3. The Morgan fingerprint density at radius 2 is 1.81 bits per heavy atom. The van der Waals surface area contributed by atoms with E-state index in [2.05, 4.69) is 26.1 Å². The molecule has 1 N–H and O–H groups in total. The summed E-state index contributed by atoms with van der Waals surface area (Å²) >= 11 is 1.58. The van der Waals surface area contributed by atoms with Crippen molar-refractivity contribution in [1.82, 2.24) is 5.32 Å². The summed E-state index contributed by atoms with van der Waals surface area (Å²) in [6.07, 6.45) is 3.33. The number of nitrogens with one attached hydrogen (secondary N) is 1. The van der Waals surface area contributed by atoms with E-state index in [9.17, 15) is 4.39 Å². The van der Waals surface area contributed by atoms with Gasteiger partial charge in [-0.05, 0) is 48.4 Å². The van der Waals surface area contributed by atoms with Gasteiger partial charge in [0.05, 0.1) is 0 Å². The lowest BCUT2D eigenvalue weighted by atomic mass is 9.89. The maximum atomic E-state index is 14.0. The summed E-state index contributed by atoms with van der Waals surface area (Å²) in [5.74, 6) is -0.145. The molecule has 3 heteroatoms. The molecule has 1 aromatic carbocycles. The van der Waals surface area contributed by atoms with E-state index in [1.165, 1.54) is 0 Å². The van der Waals surface area contributed by atoms with Crippen LogP contribution in [-0.2, 0) is 6.54 Å². The van der Waals surface area contributed by atoms with Gasteiger partial charge >= 0.3 is 0 Å². The van der Waals surface area contributed by atoms with Crippen molar-refractivity contribution < 1.29 is 4.39 Å². The van der Waals surface area contributed by atoms with Crippen LogP contribution in [0.5, 0.6) is 0 Å². The molecule has 1 aromatic heterocycles. The Balaban J connectivity index is 2.17. The van der Waals surface area contributed by atoms with E-state index in [0.717, 1.165) is 36.2 Å². The Kier molecular flexibility index (Phi) is 5.54. The largest absolute Gasteiger partial charge is 0.307 e. The highest BCUT2D eigenvalue weighted by Gasteiger charge is 2.22. The van der Waals surface area contributed by atoms with Gasteiger partial charge in [-0.15, -0.1) is 11.3 Å². The first-order chi connectivity index (χ1) is 10.1. The molecule has 21 heavy (non-hydrogen) atoms. The van der Waals surface area contributed by atoms with Crippen LogP contribution in [0.25, 0.3) is 10.4 Å². The van der Waals surface area contributed by atoms with E-state index in [-0.39, 0.29) is 11.4 Å². The third-order valence-electron chi connectivity index (χ3n) is 4.52. The first-order valence-corrected chi connectivity index (χ1v) is 8.59. The Morgan fingerprint density at radius 3 is 2.38 bits per heavy atom. The minimum absolute atomic E-state index is 0.145. The van der Waals surface area contributed by atoms with Crippen molar-refractivity contribution in [2.45, 2.75) is 52.1 Å². The molecule has 0 radical (unpaired) electrons. The van der Waals surface area contributed by atoms with Gasteiger partial charge in [0.1, 0.15) is 5.82 Å². The van der Waals surface area contributed by atoms with Crippen LogP contribution in [0.2, 0.25) is 0 Å². The fraction of sp³-hybridized carbons (Fsp3) is 0.444. The Labute approximate surface area is 131 Å². The van der Waals surface area contributed by atoms with Crippen LogP contribution < -0.4 is 5.32 Å². The first-order valence-electron chi connectivity index (χ1n) is 7.71. The molecule has 0 aliphatic carbocycles. The van der Waals surface area contributed by atoms with E-state index in [1.54, 1.807) is 17.4 Å². The average Bonchev–Trinajstić information content (AvgIpc) is 3.05. The van der Waals surface area contributed by atoms with Crippen LogP contribution in [0, 0.1) is 5.82 Å². The molecule has 0 amide bonds. The van der Waals surface area contributed by atoms with Crippen molar-refractivity contribution in [2.75, 3.05) is 0 Å². The number of benzene rings is 1. The second kappa shape index (κ2) is 7.19. The second-order valence-electron chi connectivity index (χ2n) is 5.49. The predicted octanol–water partition coefficient (Wildman–Crippen LogP) is 5.61. The third kappa shape index (κ3) is 3.72. The maximum Gasteiger partial charge on any atom is 0.131 e. The number of thiophene rings is 1. The summed E-state index contributed by atoms with van der Waals surface area (Å²) in [6, 6.07) is 9.36. The maximum absolute atomic E-state index is 14.0. The number of halogens is 1. The lowest BCUT2D eigenvalue weighted by Crippen LogP contribution is -2.43. The molecule has 0 saturated carbocycles. The normalized spacial score (nSPS) is 11.8. The lowest BCUT2D eigenvalue weighted by Gasteiger charge is -2.32. The number of hydrogen-bond donors (Lipinski definition) is 1. The van der Waals surface area contributed by atoms with Gasteiger partial charge in [0.25, 0.3) is 0 Å². The van der Waals surface area contributed by atoms with Gasteiger partial charge in [0.15, 0.2) is 0 Å². The predicted molar refractivity (Wildman–Crippen MR) is 90.2 cm³/mol. The Hall–Kier alpha value is -1.19. The molecule has 0 atom stereocenters. The molecule has 0 fully saturated rings. The summed E-state index contributed by atoms with van der Waals surface area (Å²) in [6.45, 7) is 7.46. The highest BCUT2D eigenvalue weighted by Crippen LogP contribution is 2.28. The summed E-state index contributed by atoms with van der Waals surface area (Å²) in [4.78, 5) is 0.988. The van der Waals surface area contributed by atoms with Gasteiger partial charge in [0.2, 0.25) is 0 Å². The average molecular weight is 305 g/mol. The minimum Gasteiger partial charge on any atom is -0.307 e. The summed E-state index contributed by atoms with van der Waals surface area (Å²) in [7, 11) is 0. The van der Waals surface area contributed by atoms with Gasteiger partial charge in [-0.1, -0.05) is 32.9 Å². The van der Waals surface area contributed by atoms with Crippen LogP contribution in [-0.4, -0.2) is 5.54 Å². The highest BCUT2D eigenvalue weighted by molar-refractivity contribution is 7.13. The van der Waals surface area contributed by atoms with E-state index in [1.807, 2.05) is 29.6 Å². The Morgan fingerprint density at radius 1 is 1.10 bits per heavy atom. The zero-order valence-electron chi connectivity index (χ0n) is 13.1. The van der Waals surface area contributed by atoms with Crippen molar-refractivity contribution in [3.8, 4) is 10.4 Å². The third-order valence-corrected chi connectivity index (χ3v) is 5.42. The van der Waals surface area contributed by atoms with Crippen LogP contribution >= 0.6 is 11.3 Å². The SMILES string of the molecule is CCC(CC)(CC)NCc1ccc(F)c(-c2cccs2)c1. The van der Waals surface area contributed by atoms with Crippen molar-refractivity contribution >= 4 is 11.3 Å². The van der Waals surface area contributed by atoms with E-state index in [4.69, 9.17) is 0 Å². The van der Waals surface area contributed by atoms with Crippen molar-refractivity contribution in [1.29, 1.82) is 0 Å². The van der Waals surface area contributed by atoms with Gasteiger partial charge in [0, 0.05) is 22.5 Å². The minimum atomic E-state index is -0.145. The fourth-order valence-electron chi connectivity index (χ4n) is 2.72. The molecule has 0 aliphatic heterocycles. The van der Waals surface area contributed by atoms with Crippen LogP contribution in [0.15, 0.2) is 35.7 Å². The van der Waals surface area contributed by atoms with Crippen molar-refractivity contribution in [2.24, 2.45) is 0 Å². The van der Waals surface area contributed by atoms with E-state index < -0.39 is 0 Å². The van der Waals surface area contributed by atoms with Gasteiger partial charge in [-0.25, -0.2) is 4.39 Å². The monoisotopic (exact) mass is 305 g/mol. The molecule has 2 rings (SSSR count). The molecule has 114 valence electrons. The van der Waals surface area contributed by atoms with Crippen LogP contribution in [0.1, 0.15) is 45.6 Å². The summed E-state index contributed by atoms with van der Waals surface area (Å²) in [5, 5.41) is 5.65. The van der Waals surface area contributed by atoms with Crippen LogP contribution in [0.4, 0.5) is 4.39 Å². The smallest absolute Gasteiger partial charge is 0.131 e. The second-order valence-corrected chi connectivity index (χ2v) is 6.43. The van der Waals surface area contributed by atoms with E-state index in [0.29, 0.717) is 5.56 Å². The molecule has 2 aromatic rings. The fourth-order valence-corrected chi connectivity index (χ4v) is 3.46. The molecular formula is C18H24FNS. The van der Waals surface area contributed by atoms with Crippen molar-refractivity contribution in [3.63, 3.8) is 0 Å². The number of hydrogen-bond acceptors (Lipinski definition) is 2. The molecule has 0 unspecified atom stereocenters. The molecule has 1 nitrogen and oxygen atoms in total. The summed E-state index contributed by atoms with van der Waals surface area (Å²) < 4.78 is 14.0. The first kappa shape index (κ1) is 16.2. The quantitative estimate of drug-likeness (QED) is 0.701. The van der Waals surface area contributed by atoms with Gasteiger partial charge in [-0.2, -0.15) is 0 Å². The van der Waals surface area contributed by atoms with Gasteiger partial charge in [-0.3, -0.25) is 0 Å². The molecule has 0 bridgehead atoms. The van der Waals surface area contributed by atoms with Crippen molar-refractivity contribution in [3.05, 3.63) is 47.1 Å². The van der Waals surface area contributed by atoms with Crippen LogP contribution in [0.3, 0.4) is 0 Å². The lowest BCUT2D eigenvalue weighted by molar-refractivity contribution is 0.288. The highest BCUT2D eigenvalue weighted by atomic mass is 32.1.